The van der Waals surface area contributed by atoms with Gasteiger partial charge in [0.1, 0.15) is 11.3 Å². The Labute approximate surface area is 128 Å². The van der Waals surface area contributed by atoms with Crippen LogP contribution in [0.15, 0.2) is 39.5 Å². The molecular weight excluding hydrogens is 286 g/mol. The second kappa shape index (κ2) is 8.19. The van der Waals surface area contributed by atoms with Crippen molar-refractivity contribution in [3.63, 3.8) is 0 Å². The topological polar surface area (TPSA) is 77.8 Å². The average Bonchev–Trinajstić information content (AvgIpc) is 2.52. The molecule has 0 bridgehead atoms. The third-order valence-corrected chi connectivity index (χ3v) is 2.96. The van der Waals surface area contributed by atoms with Crippen LogP contribution in [0.5, 0.6) is 5.75 Å². The van der Waals surface area contributed by atoms with Gasteiger partial charge in [-0.2, -0.15) is 0 Å². The van der Waals surface area contributed by atoms with Crippen molar-refractivity contribution in [2.24, 2.45) is 0 Å². The fourth-order valence-corrected chi connectivity index (χ4v) is 1.88. The molecule has 2 aromatic rings. The molecule has 0 unspecified atom stereocenters. The van der Waals surface area contributed by atoms with Gasteiger partial charge in [-0.3, -0.25) is 4.79 Å². The minimum atomic E-state index is -0.420. The molecular formula is C16H19NO5. The lowest BCUT2D eigenvalue weighted by atomic mass is 10.2. The smallest absolute Gasteiger partial charge is 0.336 e. The highest BCUT2D eigenvalue weighted by Crippen LogP contribution is 2.19. The van der Waals surface area contributed by atoms with E-state index in [1.54, 1.807) is 24.3 Å². The number of nitrogens with one attached hydrogen (secondary N) is 1. The van der Waals surface area contributed by atoms with E-state index in [0.29, 0.717) is 31.1 Å². The standard InChI is InChI=1S/C16H19NO5/c1-2-20-9-3-8-17-15(18)11-21-13-6-4-12-5-7-16(19)22-14(12)10-13/h4-7,10H,2-3,8-9,11H2,1H3,(H,17,18). The fraction of sp³-hybridized carbons (Fsp3) is 0.375. The van der Waals surface area contributed by atoms with Crippen LogP contribution in [0.1, 0.15) is 13.3 Å². The third-order valence-electron chi connectivity index (χ3n) is 2.96. The Balaban J connectivity index is 1.81. The van der Waals surface area contributed by atoms with Crippen molar-refractivity contribution in [2.75, 3.05) is 26.4 Å². The average molecular weight is 305 g/mol. The molecule has 2 rings (SSSR count). The summed E-state index contributed by atoms with van der Waals surface area (Å²) < 4.78 is 15.6. The van der Waals surface area contributed by atoms with Gasteiger partial charge < -0.3 is 19.2 Å². The van der Waals surface area contributed by atoms with Gasteiger partial charge >= 0.3 is 5.63 Å². The zero-order valence-corrected chi connectivity index (χ0v) is 12.5. The molecule has 1 N–H and O–H groups in total. The Kier molecular flexibility index (Phi) is 5.97. The third kappa shape index (κ3) is 4.89. The van der Waals surface area contributed by atoms with E-state index in [1.807, 2.05) is 6.92 Å². The Morgan fingerprint density at radius 3 is 2.91 bits per heavy atom. The number of hydrogen-bond donors (Lipinski definition) is 1. The summed E-state index contributed by atoms with van der Waals surface area (Å²) in [7, 11) is 0. The van der Waals surface area contributed by atoms with Crippen LogP contribution in [-0.2, 0) is 9.53 Å². The van der Waals surface area contributed by atoms with Crippen LogP contribution in [0.2, 0.25) is 0 Å². The molecule has 0 aliphatic carbocycles. The maximum absolute atomic E-state index is 11.6. The highest BCUT2D eigenvalue weighted by atomic mass is 16.5. The fourth-order valence-electron chi connectivity index (χ4n) is 1.88. The monoisotopic (exact) mass is 305 g/mol. The van der Waals surface area contributed by atoms with Gasteiger partial charge in [0.05, 0.1) is 0 Å². The van der Waals surface area contributed by atoms with Crippen LogP contribution < -0.4 is 15.7 Å². The van der Waals surface area contributed by atoms with E-state index in [2.05, 4.69) is 5.32 Å². The van der Waals surface area contributed by atoms with E-state index in [9.17, 15) is 9.59 Å². The van der Waals surface area contributed by atoms with E-state index >= 15 is 0 Å². The quantitative estimate of drug-likeness (QED) is 0.593. The van der Waals surface area contributed by atoms with E-state index in [-0.39, 0.29) is 12.5 Å². The minimum Gasteiger partial charge on any atom is -0.484 e. The number of amides is 1. The summed E-state index contributed by atoms with van der Waals surface area (Å²) in [6.45, 7) is 3.70. The predicted octanol–water partition coefficient (Wildman–Crippen LogP) is 1.71. The number of ether oxygens (including phenoxy) is 2. The largest absolute Gasteiger partial charge is 0.484 e. The lowest BCUT2D eigenvalue weighted by molar-refractivity contribution is -0.123. The van der Waals surface area contributed by atoms with E-state index in [4.69, 9.17) is 13.9 Å². The normalized spacial score (nSPS) is 10.6. The van der Waals surface area contributed by atoms with Crippen LogP contribution >= 0.6 is 0 Å². The van der Waals surface area contributed by atoms with Gasteiger partial charge in [-0.25, -0.2) is 4.79 Å². The van der Waals surface area contributed by atoms with Crippen LogP contribution in [0, 0.1) is 0 Å². The molecule has 1 aromatic carbocycles. The zero-order valence-electron chi connectivity index (χ0n) is 12.5. The molecule has 118 valence electrons. The molecule has 0 aliphatic rings. The zero-order chi connectivity index (χ0) is 15.8. The molecule has 6 heteroatoms. The highest BCUT2D eigenvalue weighted by Gasteiger charge is 2.04. The van der Waals surface area contributed by atoms with Crippen molar-refractivity contribution in [1.29, 1.82) is 0 Å². The summed E-state index contributed by atoms with van der Waals surface area (Å²) in [5.74, 6) is 0.275. The first-order chi connectivity index (χ1) is 10.7. The lowest BCUT2D eigenvalue weighted by Gasteiger charge is -2.08. The molecule has 0 atom stereocenters. The Bertz CT molecular complexity index is 680. The SMILES string of the molecule is CCOCCCNC(=O)COc1ccc2ccc(=O)oc2c1. The van der Waals surface area contributed by atoms with Gasteiger partial charge in [-0.05, 0) is 31.5 Å². The summed E-state index contributed by atoms with van der Waals surface area (Å²) in [5.41, 5.74) is 0.0128. The Hall–Kier alpha value is -2.34. The highest BCUT2D eigenvalue weighted by molar-refractivity contribution is 5.79. The summed E-state index contributed by atoms with van der Waals surface area (Å²) >= 11 is 0. The Morgan fingerprint density at radius 2 is 2.09 bits per heavy atom. The first-order valence-electron chi connectivity index (χ1n) is 7.20. The number of hydrogen-bond acceptors (Lipinski definition) is 5. The second-order valence-electron chi connectivity index (χ2n) is 4.64. The first kappa shape index (κ1) is 16.0. The molecule has 0 saturated heterocycles. The number of carbonyl (C=O) groups is 1. The van der Waals surface area contributed by atoms with Gasteiger partial charge in [0, 0.05) is 37.3 Å². The molecule has 0 spiro atoms. The van der Waals surface area contributed by atoms with Crippen molar-refractivity contribution in [3.05, 3.63) is 40.8 Å². The molecule has 0 saturated carbocycles. The van der Waals surface area contributed by atoms with E-state index in [0.717, 1.165) is 11.8 Å². The van der Waals surface area contributed by atoms with Crippen molar-refractivity contribution in [1.82, 2.24) is 5.32 Å². The van der Waals surface area contributed by atoms with Gasteiger partial charge in [0.15, 0.2) is 6.61 Å². The predicted molar refractivity (Wildman–Crippen MR) is 82.1 cm³/mol. The summed E-state index contributed by atoms with van der Waals surface area (Å²) in [6, 6.07) is 8.13. The van der Waals surface area contributed by atoms with Crippen molar-refractivity contribution in [2.45, 2.75) is 13.3 Å². The van der Waals surface area contributed by atoms with Gasteiger partial charge in [-0.1, -0.05) is 0 Å². The van der Waals surface area contributed by atoms with Crippen LogP contribution in [0.4, 0.5) is 0 Å². The molecule has 22 heavy (non-hydrogen) atoms. The number of rotatable bonds is 8. The van der Waals surface area contributed by atoms with Gasteiger partial charge in [-0.15, -0.1) is 0 Å². The van der Waals surface area contributed by atoms with Gasteiger partial charge in [0.25, 0.3) is 5.91 Å². The van der Waals surface area contributed by atoms with E-state index in [1.165, 1.54) is 6.07 Å². The minimum absolute atomic E-state index is 0.0861. The van der Waals surface area contributed by atoms with E-state index < -0.39 is 5.63 Å². The number of fused-ring (bicyclic) bond motifs is 1. The molecule has 0 radical (unpaired) electrons. The number of carbonyl (C=O) groups excluding carboxylic acids is 1. The summed E-state index contributed by atoms with van der Waals surface area (Å²) in [6.07, 6.45) is 0.765. The van der Waals surface area contributed by atoms with Crippen LogP contribution in [0.3, 0.4) is 0 Å². The maximum Gasteiger partial charge on any atom is 0.336 e. The second-order valence-corrected chi connectivity index (χ2v) is 4.64. The first-order valence-corrected chi connectivity index (χ1v) is 7.20. The molecule has 6 nitrogen and oxygen atoms in total. The number of benzene rings is 1. The molecule has 1 aromatic heterocycles. The Morgan fingerprint density at radius 1 is 1.27 bits per heavy atom. The van der Waals surface area contributed by atoms with Crippen LogP contribution in [-0.4, -0.2) is 32.3 Å². The van der Waals surface area contributed by atoms with Crippen molar-refractivity contribution >= 4 is 16.9 Å². The molecule has 0 aliphatic heterocycles. The summed E-state index contributed by atoms with van der Waals surface area (Å²) in [5, 5.41) is 3.54. The van der Waals surface area contributed by atoms with Crippen LogP contribution in [0.25, 0.3) is 11.0 Å². The molecule has 1 amide bonds. The maximum atomic E-state index is 11.6. The van der Waals surface area contributed by atoms with Crippen molar-refractivity contribution < 1.29 is 18.7 Å². The lowest BCUT2D eigenvalue weighted by Crippen LogP contribution is -2.30. The summed E-state index contributed by atoms with van der Waals surface area (Å²) in [4.78, 5) is 22.8. The van der Waals surface area contributed by atoms with Gasteiger partial charge in [0.2, 0.25) is 0 Å². The van der Waals surface area contributed by atoms with Crippen molar-refractivity contribution in [3.8, 4) is 5.75 Å². The molecule has 0 fully saturated rings. The molecule has 1 heterocycles.